The van der Waals surface area contributed by atoms with Gasteiger partial charge >= 0.3 is 0 Å². The van der Waals surface area contributed by atoms with Crippen LogP contribution in [0.4, 0.5) is 10.1 Å². The summed E-state index contributed by atoms with van der Waals surface area (Å²) in [7, 11) is -2.46. The van der Waals surface area contributed by atoms with E-state index in [0.717, 1.165) is 9.87 Å². The number of para-hydroxylation sites is 1. The Kier molecular flexibility index (Phi) is 5.23. The number of ether oxygens (including phenoxy) is 1. The van der Waals surface area contributed by atoms with E-state index in [1.807, 2.05) is 18.2 Å². The maximum Gasteiger partial charge on any atom is 0.264 e. The van der Waals surface area contributed by atoms with Gasteiger partial charge in [-0.15, -0.1) is 0 Å². The Bertz CT molecular complexity index is 973. The van der Waals surface area contributed by atoms with Gasteiger partial charge in [-0.3, -0.25) is 4.31 Å². The maximum absolute atomic E-state index is 14.4. The molecule has 6 heteroatoms. The third kappa shape index (κ3) is 3.70. The largest absolute Gasteiger partial charge is 0.497 e. The molecule has 0 radical (unpaired) electrons. The van der Waals surface area contributed by atoms with Gasteiger partial charge in [0.25, 0.3) is 10.0 Å². The summed E-state index contributed by atoms with van der Waals surface area (Å²) in [6.45, 7) is 0.0239. The lowest BCUT2D eigenvalue weighted by molar-refractivity contribution is 0.414. The zero-order valence-corrected chi connectivity index (χ0v) is 15.0. The normalized spacial score (nSPS) is 11.2. The second-order valence-electron chi connectivity index (χ2n) is 5.62. The molecule has 0 spiro atoms. The fourth-order valence-electron chi connectivity index (χ4n) is 2.58. The monoisotopic (exact) mass is 371 g/mol. The van der Waals surface area contributed by atoms with Crippen molar-refractivity contribution in [1.29, 1.82) is 0 Å². The fraction of sp³-hybridized carbons (Fsp3) is 0.100. The molecule has 0 unspecified atom stereocenters. The van der Waals surface area contributed by atoms with Crippen LogP contribution in [-0.4, -0.2) is 15.5 Å². The van der Waals surface area contributed by atoms with Crippen LogP contribution in [-0.2, 0) is 16.6 Å². The lowest BCUT2D eigenvalue weighted by Gasteiger charge is -2.25. The molecular weight excluding hydrogens is 353 g/mol. The van der Waals surface area contributed by atoms with E-state index in [1.165, 1.54) is 37.4 Å². The van der Waals surface area contributed by atoms with Crippen LogP contribution in [0.1, 0.15) is 5.56 Å². The van der Waals surface area contributed by atoms with Crippen LogP contribution in [0.2, 0.25) is 0 Å². The number of rotatable bonds is 6. The fourth-order valence-corrected chi connectivity index (χ4v) is 4.04. The van der Waals surface area contributed by atoms with Crippen molar-refractivity contribution >= 4 is 15.7 Å². The zero-order chi connectivity index (χ0) is 18.6. The van der Waals surface area contributed by atoms with Gasteiger partial charge in [-0.25, -0.2) is 12.8 Å². The van der Waals surface area contributed by atoms with Gasteiger partial charge in [0.1, 0.15) is 11.6 Å². The summed E-state index contributed by atoms with van der Waals surface area (Å²) >= 11 is 0. The highest BCUT2D eigenvalue weighted by Gasteiger charge is 2.27. The van der Waals surface area contributed by atoms with Crippen LogP contribution in [0.15, 0.2) is 83.8 Å². The summed E-state index contributed by atoms with van der Waals surface area (Å²) in [5.74, 6) is -0.0510. The molecule has 0 aliphatic carbocycles. The molecule has 0 aromatic heterocycles. The molecule has 0 amide bonds. The average Bonchev–Trinajstić information content (AvgIpc) is 2.67. The Morgan fingerprint density at radius 3 is 2.12 bits per heavy atom. The van der Waals surface area contributed by atoms with Gasteiger partial charge in [-0.2, -0.15) is 0 Å². The highest BCUT2D eigenvalue weighted by molar-refractivity contribution is 7.92. The van der Waals surface area contributed by atoms with Crippen molar-refractivity contribution < 1.29 is 17.5 Å². The SMILES string of the molecule is COc1ccc(S(=O)(=O)N(Cc2ccccc2)c2ccccc2F)cc1. The van der Waals surface area contributed by atoms with Gasteiger partial charge < -0.3 is 4.74 Å². The first kappa shape index (κ1) is 17.9. The predicted octanol–water partition coefficient (Wildman–Crippen LogP) is 4.23. The summed E-state index contributed by atoms with van der Waals surface area (Å²) in [6, 6.07) is 21.0. The molecule has 0 atom stereocenters. The molecule has 134 valence electrons. The van der Waals surface area contributed by atoms with Crippen LogP contribution in [0.3, 0.4) is 0 Å². The molecular formula is C20H18FNO3S. The van der Waals surface area contributed by atoms with E-state index in [-0.39, 0.29) is 17.1 Å². The van der Waals surface area contributed by atoms with Crippen LogP contribution in [0.5, 0.6) is 5.75 Å². The average molecular weight is 371 g/mol. The van der Waals surface area contributed by atoms with Crippen molar-refractivity contribution in [2.45, 2.75) is 11.4 Å². The molecule has 26 heavy (non-hydrogen) atoms. The Balaban J connectivity index is 2.08. The molecule has 0 saturated heterocycles. The number of hydrogen-bond donors (Lipinski definition) is 0. The summed E-state index contributed by atoms with van der Waals surface area (Å²) in [4.78, 5) is 0.0671. The standard InChI is InChI=1S/C20H18FNO3S/c1-25-17-11-13-18(14-12-17)26(23,24)22(15-16-7-3-2-4-8-16)20-10-6-5-9-19(20)21/h2-14H,15H2,1H3. The molecule has 0 bridgehead atoms. The first-order chi connectivity index (χ1) is 12.5. The first-order valence-corrected chi connectivity index (χ1v) is 9.41. The minimum atomic E-state index is -3.96. The van der Waals surface area contributed by atoms with Gasteiger partial charge in [-0.1, -0.05) is 42.5 Å². The Morgan fingerprint density at radius 2 is 1.50 bits per heavy atom. The number of anilines is 1. The molecule has 0 N–H and O–H groups in total. The highest BCUT2D eigenvalue weighted by Crippen LogP contribution is 2.29. The molecule has 0 aliphatic rings. The Hall–Kier alpha value is -2.86. The van der Waals surface area contributed by atoms with E-state index < -0.39 is 15.8 Å². The lowest BCUT2D eigenvalue weighted by Crippen LogP contribution is -2.31. The van der Waals surface area contributed by atoms with E-state index in [9.17, 15) is 12.8 Å². The van der Waals surface area contributed by atoms with Crippen molar-refractivity contribution in [1.82, 2.24) is 0 Å². The van der Waals surface area contributed by atoms with Crippen molar-refractivity contribution in [3.63, 3.8) is 0 Å². The smallest absolute Gasteiger partial charge is 0.264 e. The molecule has 0 heterocycles. The second-order valence-corrected chi connectivity index (χ2v) is 7.49. The van der Waals surface area contributed by atoms with Gasteiger partial charge in [0.15, 0.2) is 0 Å². The number of sulfonamides is 1. The molecule has 3 rings (SSSR count). The molecule has 0 fully saturated rings. The number of benzene rings is 3. The number of hydrogen-bond acceptors (Lipinski definition) is 3. The molecule has 3 aromatic rings. The van der Waals surface area contributed by atoms with E-state index in [1.54, 1.807) is 30.3 Å². The van der Waals surface area contributed by atoms with Gasteiger partial charge in [0.05, 0.1) is 24.2 Å². The minimum absolute atomic E-state index is 0.00664. The van der Waals surface area contributed by atoms with Crippen LogP contribution >= 0.6 is 0 Å². The van der Waals surface area contributed by atoms with Gasteiger partial charge in [0.2, 0.25) is 0 Å². The topological polar surface area (TPSA) is 46.6 Å². The quantitative estimate of drug-likeness (QED) is 0.651. The summed E-state index contributed by atoms with van der Waals surface area (Å²) in [5, 5.41) is 0. The summed E-state index contributed by atoms with van der Waals surface area (Å²) < 4.78 is 47.0. The van der Waals surface area contributed by atoms with Crippen molar-refractivity contribution in [2.75, 3.05) is 11.4 Å². The molecule has 0 aliphatic heterocycles. The Labute approximate surface area is 152 Å². The summed E-state index contributed by atoms with van der Waals surface area (Å²) in [6.07, 6.45) is 0. The number of halogens is 1. The van der Waals surface area contributed by atoms with Gasteiger partial charge in [-0.05, 0) is 42.0 Å². The van der Waals surface area contributed by atoms with E-state index in [0.29, 0.717) is 5.75 Å². The molecule has 3 aromatic carbocycles. The predicted molar refractivity (Wildman–Crippen MR) is 99.2 cm³/mol. The molecule has 0 saturated carbocycles. The third-order valence-electron chi connectivity index (χ3n) is 3.94. The Morgan fingerprint density at radius 1 is 0.885 bits per heavy atom. The number of nitrogens with zero attached hydrogens (tertiary/aromatic N) is 1. The zero-order valence-electron chi connectivity index (χ0n) is 14.2. The van der Waals surface area contributed by atoms with Crippen molar-refractivity contribution in [3.05, 3.63) is 90.2 Å². The van der Waals surface area contributed by atoms with E-state index in [2.05, 4.69) is 0 Å². The maximum atomic E-state index is 14.4. The minimum Gasteiger partial charge on any atom is -0.497 e. The number of methoxy groups -OCH3 is 1. The second kappa shape index (κ2) is 7.58. The lowest BCUT2D eigenvalue weighted by atomic mass is 10.2. The first-order valence-electron chi connectivity index (χ1n) is 7.97. The van der Waals surface area contributed by atoms with Gasteiger partial charge in [0, 0.05) is 0 Å². The van der Waals surface area contributed by atoms with Crippen LogP contribution in [0.25, 0.3) is 0 Å². The van der Waals surface area contributed by atoms with Crippen LogP contribution < -0.4 is 9.04 Å². The molecule has 4 nitrogen and oxygen atoms in total. The van der Waals surface area contributed by atoms with Crippen molar-refractivity contribution in [3.8, 4) is 5.75 Å². The van der Waals surface area contributed by atoms with E-state index >= 15 is 0 Å². The van der Waals surface area contributed by atoms with Crippen LogP contribution in [0, 0.1) is 5.82 Å². The highest BCUT2D eigenvalue weighted by atomic mass is 32.2. The summed E-state index contributed by atoms with van der Waals surface area (Å²) in [5.41, 5.74) is 0.764. The third-order valence-corrected chi connectivity index (χ3v) is 5.71. The van der Waals surface area contributed by atoms with Crippen molar-refractivity contribution in [2.24, 2.45) is 0 Å². The van der Waals surface area contributed by atoms with E-state index in [4.69, 9.17) is 4.74 Å².